The van der Waals surface area contributed by atoms with E-state index in [4.69, 9.17) is 23.2 Å². The minimum absolute atomic E-state index is 0.165. The number of benzene rings is 1. The molecule has 0 bridgehead atoms. The lowest BCUT2D eigenvalue weighted by Gasteiger charge is -2.17. The van der Waals surface area contributed by atoms with Crippen molar-refractivity contribution in [2.24, 2.45) is 0 Å². The Hall–Kier alpha value is -0.680. The second-order valence-corrected chi connectivity index (χ2v) is 5.40. The Morgan fingerprint density at radius 2 is 1.83 bits per heavy atom. The fraction of sp³-hybridized carbons (Fsp3) is 0.167. The van der Waals surface area contributed by atoms with Crippen LogP contribution in [-0.2, 0) is 0 Å². The number of hydrogen-bond acceptors (Lipinski definition) is 2. The first-order valence-corrected chi connectivity index (χ1v) is 6.72. The molecule has 0 aliphatic rings. The number of hydrogen-bond donors (Lipinski definition) is 1. The molecule has 0 amide bonds. The third kappa shape index (κ3) is 2.52. The summed E-state index contributed by atoms with van der Waals surface area (Å²) in [5, 5.41) is 5.56. The van der Waals surface area contributed by atoms with Gasteiger partial charge in [0, 0.05) is 9.90 Å². The van der Waals surface area contributed by atoms with Gasteiger partial charge in [0.05, 0.1) is 11.1 Å². The van der Waals surface area contributed by atoms with E-state index in [9.17, 15) is 8.78 Å². The van der Waals surface area contributed by atoms with Crippen molar-refractivity contribution in [2.75, 3.05) is 7.05 Å². The largest absolute Gasteiger partial charge is 0.309 e. The third-order valence-corrected chi connectivity index (χ3v) is 4.30. The fourth-order valence-corrected chi connectivity index (χ4v) is 3.25. The molecule has 1 atom stereocenters. The first-order valence-electron chi connectivity index (χ1n) is 5.09. The molecule has 2 rings (SSSR count). The van der Waals surface area contributed by atoms with Crippen LogP contribution in [-0.4, -0.2) is 7.05 Å². The van der Waals surface area contributed by atoms with Crippen molar-refractivity contribution < 1.29 is 8.78 Å². The molecule has 1 aromatic carbocycles. The first-order chi connectivity index (χ1) is 8.54. The molecule has 1 aromatic heterocycles. The van der Waals surface area contributed by atoms with Crippen molar-refractivity contribution in [3.05, 3.63) is 55.7 Å². The van der Waals surface area contributed by atoms with Gasteiger partial charge in [-0.3, -0.25) is 0 Å². The van der Waals surface area contributed by atoms with E-state index < -0.39 is 11.6 Å². The molecule has 1 nitrogen and oxygen atoms in total. The predicted molar refractivity (Wildman–Crippen MR) is 71.6 cm³/mol. The van der Waals surface area contributed by atoms with Gasteiger partial charge < -0.3 is 5.32 Å². The van der Waals surface area contributed by atoms with Crippen LogP contribution in [0.1, 0.15) is 16.5 Å². The van der Waals surface area contributed by atoms with Crippen molar-refractivity contribution in [1.29, 1.82) is 0 Å². The normalized spacial score (nSPS) is 12.7. The molecule has 0 fully saturated rings. The van der Waals surface area contributed by atoms with E-state index >= 15 is 0 Å². The second-order valence-electron chi connectivity index (χ2n) is 3.64. The highest BCUT2D eigenvalue weighted by atomic mass is 35.5. The summed E-state index contributed by atoms with van der Waals surface area (Å²) >= 11 is 13.4. The van der Waals surface area contributed by atoms with E-state index in [-0.39, 0.29) is 11.1 Å². The van der Waals surface area contributed by atoms with Gasteiger partial charge in [-0.1, -0.05) is 23.2 Å². The zero-order chi connectivity index (χ0) is 13.3. The number of halogens is 4. The van der Waals surface area contributed by atoms with Gasteiger partial charge in [0.1, 0.15) is 0 Å². The fourth-order valence-electron chi connectivity index (χ4n) is 1.70. The summed E-state index contributed by atoms with van der Waals surface area (Å²) in [6.45, 7) is 0. The molecule has 2 aromatic rings. The van der Waals surface area contributed by atoms with Crippen LogP contribution in [0.2, 0.25) is 10.0 Å². The molecule has 18 heavy (non-hydrogen) atoms. The summed E-state index contributed by atoms with van der Waals surface area (Å²) in [7, 11) is 1.71. The summed E-state index contributed by atoms with van der Waals surface area (Å²) < 4.78 is 26.4. The molecular formula is C12H9Cl2F2NS. The van der Waals surface area contributed by atoms with Crippen LogP contribution in [0.5, 0.6) is 0 Å². The molecular weight excluding hydrogens is 299 g/mol. The van der Waals surface area contributed by atoms with E-state index in [1.54, 1.807) is 13.1 Å². The van der Waals surface area contributed by atoms with E-state index in [0.717, 1.165) is 17.0 Å². The van der Waals surface area contributed by atoms with Crippen molar-refractivity contribution in [3.63, 3.8) is 0 Å². The number of rotatable bonds is 3. The molecule has 0 aliphatic carbocycles. The van der Waals surface area contributed by atoms with Crippen molar-refractivity contribution in [2.45, 2.75) is 6.04 Å². The predicted octanol–water partition coefficient (Wildman–Crippen LogP) is 4.64. The van der Waals surface area contributed by atoms with Gasteiger partial charge in [-0.2, -0.15) is 0 Å². The average molecular weight is 308 g/mol. The minimum atomic E-state index is -0.962. The molecule has 0 spiro atoms. The average Bonchev–Trinajstić information content (AvgIpc) is 2.73. The van der Waals surface area contributed by atoms with Crippen molar-refractivity contribution in [1.82, 2.24) is 5.32 Å². The van der Waals surface area contributed by atoms with E-state index in [0.29, 0.717) is 10.6 Å². The summed E-state index contributed by atoms with van der Waals surface area (Å²) in [5.41, 5.74) is 0.461. The first kappa shape index (κ1) is 13.7. The van der Waals surface area contributed by atoms with Gasteiger partial charge in [0.15, 0.2) is 11.6 Å². The SMILES string of the molecule is CNC(c1cc(F)c(F)cc1Cl)c1sccc1Cl. The summed E-state index contributed by atoms with van der Waals surface area (Å²) in [4.78, 5) is 0.812. The Morgan fingerprint density at radius 1 is 1.17 bits per heavy atom. The molecule has 0 aliphatic heterocycles. The smallest absolute Gasteiger partial charge is 0.160 e. The number of thiophene rings is 1. The Balaban J connectivity index is 2.52. The van der Waals surface area contributed by atoms with Crippen LogP contribution in [0, 0.1) is 11.6 Å². The highest BCUT2D eigenvalue weighted by Crippen LogP contribution is 2.36. The zero-order valence-corrected chi connectivity index (χ0v) is 11.6. The summed E-state index contributed by atoms with van der Waals surface area (Å²) in [5.74, 6) is -1.89. The summed E-state index contributed by atoms with van der Waals surface area (Å²) in [6.07, 6.45) is 0. The molecule has 1 heterocycles. The van der Waals surface area contributed by atoms with Crippen molar-refractivity contribution in [3.8, 4) is 0 Å². The van der Waals surface area contributed by atoms with Crippen LogP contribution in [0.15, 0.2) is 23.6 Å². The van der Waals surface area contributed by atoms with Crippen LogP contribution in [0.3, 0.4) is 0 Å². The Bertz CT molecular complexity index is 571. The second kappa shape index (κ2) is 5.53. The van der Waals surface area contributed by atoms with Crippen LogP contribution < -0.4 is 5.32 Å². The molecule has 1 unspecified atom stereocenters. The van der Waals surface area contributed by atoms with E-state index in [1.165, 1.54) is 11.3 Å². The minimum Gasteiger partial charge on any atom is -0.309 e. The third-order valence-electron chi connectivity index (χ3n) is 2.55. The van der Waals surface area contributed by atoms with Gasteiger partial charge in [-0.25, -0.2) is 8.78 Å². The maximum absolute atomic E-state index is 13.3. The van der Waals surface area contributed by atoms with E-state index in [1.807, 2.05) is 5.38 Å². The number of nitrogens with one attached hydrogen (secondary N) is 1. The highest BCUT2D eigenvalue weighted by molar-refractivity contribution is 7.10. The maximum Gasteiger partial charge on any atom is 0.160 e. The van der Waals surface area contributed by atoms with Gasteiger partial charge in [0.2, 0.25) is 0 Å². The van der Waals surface area contributed by atoms with Gasteiger partial charge in [0.25, 0.3) is 0 Å². The van der Waals surface area contributed by atoms with Crippen molar-refractivity contribution >= 4 is 34.5 Å². The monoisotopic (exact) mass is 307 g/mol. The molecule has 0 radical (unpaired) electrons. The quantitative estimate of drug-likeness (QED) is 0.814. The Morgan fingerprint density at radius 3 is 2.39 bits per heavy atom. The van der Waals surface area contributed by atoms with Gasteiger partial charge in [-0.15, -0.1) is 11.3 Å². The standard InChI is InChI=1S/C12H9Cl2F2NS/c1-17-11(12-7(13)2-3-18-12)6-4-9(15)10(16)5-8(6)14/h2-5,11,17H,1H3. The Labute approximate surface area is 117 Å². The lowest BCUT2D eigenvalue weighted by molar-refractivity contribution is 0.505. The lowest BCUT2D eigenvalue weighted by Crippen LogP contribution is -2.17. The highest BCUT2D eigenvalue weighted by Gasteiger charge is 2.21. The van der Waals surface area contributed by atoms with Crippen LogP contribution >= 0.6 is 34.5 Å². The zero-order valence-electron chi connectivity index (χ0n) is 9.31. The summed E-state index contributed by atoms with van der Waals surface area (Å²) in [6, 6.07) is 3.45. The van der Waals surface area contributed by atoms with Crippen LogP contribution in [0.25, 0.3) is 0 Å². The Kier molecular flexibility index (Phi) is 4.22. The molecule has 96 valence electrons. The van der Waals surface area contributed by atoms with E-state index in [2.05, 4.69) is 5.32 Å². The van der Waals surface area contributed by atoms with Crippen LogP contribution in [0.4, 0.5) is 8.78 Å². The van der Waals surface area contributed by atoms with Gasteiger partial charge in [-0.05, 0) is 36.2 Å². The topological polar surface area (TPSA) is 12.0 Å². The molecule has 0 saturated heterocycles. The van der Waals surface area contributed by atoms with Gasteiger partial charge >= 0.3 is 0 Å². The molecule has 0 saturated carbocycles. The lowest BCUT2D eigenvalue weighted by atomic mass is 10.1. The molecule has 1 N–H and O–H groups in total. The maximum atomic E-state index is 13.3. The molecule has 6 heteroatoms.